The first-order chi connectivity index (χ1) is 10.1. The van der Waals surface area contributed by atoms with Crippen molar-refractivity contribution >= 4 is 11.6 Å². The largest absolute Gasteiger partial charge is 0.467 e. The number of rotatable bonds is 3. The number of piperidine rings is 1. The number of hydrogen-bond donors (Lipinski definition) is 1. The molecule has 21 heavy (non-hydrogen) atoms. The average Bonchev–Trinajstić information content (AvgIpc) is 2.47. The summed E-state index contributed by atoms with van der Waals surface area (Å²) in [4.78, 5) is 2.46. The second kappa shape index (κ2) is 6.53. The molecule has 3 rings (SSSR count). The van der Waals surface area contributed by atoms with E-state index in [2.05, 4.69) is 11.8 Å². The molecule has 0 aromatic heterocycles. The van der Waals surface area contributed by atoms with E-state index in [1.165, 1.54) is 12.8 Å². The molecule has 1 aromatic rings. The topological polar surface area (TPSA) is 47.7 Å². The Morgan fingerprint density at radius 3 is 3.14 bits per heavy atom. The van der Waals surface area contributed by atoms with Crippen LogP contribution in [0.5, 0.6) is 5.75 Å². The Kier molecular flexibility index (Phi) is 4.69. The molecule has 116 valence electrons. The van der Waals surface area contributed by atoms with Gasteiger partial charge in [-0.3, -0.25) is 4.90 Å². The standard InChI is InChI=1S/C16H23ClN2O2/c1-11(18)12-3-2-4-19(7-12)8-13-5-15(17)6-14-9-20-10-21-16(13)14/h5-6,11-12H,2-4,7-10,18H2,1H3. The molecule has 0 amide bonds. The molecular formula is C16H23ClN2O2. The average molecular weight is 311 g/mol. The molecule has 0 bridgehead atoms. The van der Waals surface area contributed by atoms with E-state index >= 15 is 0 Å². The third kappa shape index (κ3) is 3.51. The van der Waals surface area contributed by atoms with Gasteiger partial charge in [0.2, 0.25) is 0 Å². The van der Waals surface area contributed by atoms with Crippen molar-refractivity contribution in [3.8, 4) is 5.75 Å². The van der Waals surface area contributed by atoms with Crippen molar-refractivity contribution in [1.29, 1.82) is 0 Å². The summed E-state index contributed by atoms with van der Waals surface area (Å²) in [7, 11) is 0. The van der Waals surface area contributed by atoms with Crippen LogP contribution in [0.25, 0.3) is 0 Å². The van der Waals surface area contributed by atoms with Crippen LogP contribution in [0, 0.1) is 5.92 Å². The minimum atomic E-state index is 0.255. The number of likely N-dealkylation sites (tertiary alicyclic amines) is 1. The summed E-state index contributed by atoms with van der Waals surface area (Å²) < 4.78 is 11.0. The normalized spacial score (nSPS) is 24.2. The minimum absolute atomic E-state index is 0.255. The van der Waals surface area contributed by atoms with Crippen molar-refractivity contribution in [2.24, 2.45) is 11.7 Å². The van der Waals surface area contributed by atoms with E-state index in [9.17, 15) is 0 Å². The molecule has 4 nitrogen and oxygen atoms in total. The lowest BCUT2D eigenvalue weighted by Crippen LogP contribution is -2.42. The lowest BCUT2D eigenvalue weighted by molar-refractivity contribution is -0.0176. The lowest BCUT2D eigenvalue weighted by Gasteiger charge is -2.35. The van der Waals surface area contributed by atoms with Crippen LogP contribution < -0.4 is 10.5 Å². The molecule has 2 aliphatic rings. The molecule has 2 aliphatic heterocycles. The fourth-order valence-corrected chi connectivity index (χ4v) is 3.54. The van der Waals surface area contributed by atoms with Crippen LogP contribution in [0.1, 0.15) is 30.9 Å². The molecule has 5 heteroatoms. The number of ether oxygens (including phenoxy) is 2. The fourth-order valence-electron chi connectivity index (χ4n) is 3.28. The second-order valence-corrected chi connectivity index (χ2v) is 6.60. The van der Waals surface area contributed by atoms with Crippen LogP contribution in [-0.4, -0.2) is 30.8 Å². The highest BCUT2D eigenvalue weighted by Crippen LogP contribution is 2.33. The second-order valence-electron chi connectivity index (χ2n) is 6.16. The third-order valence-corrected chi connectivity index (χ3v) is 4.65. The van der Waals surface area contributed by atoms with Gasteiger partial charge in [0.25, 0.3) is 0 Å². The van der Waals surface area contributed by atoms with Crippen LogP contribution in [0.2, 0.25) is 5.02 Å². The number of benzene rings is 1. The summed E-state index contributed by atoms with van der Waals surface area (Å²) >= 11 is 6.23. The van der Waals surface area contributed by atoms with E-state index in [1.807, 2.05) is 12.1 Å². The van der Waals surface area contributed by atoms with E-state index in [0.29, 0.717) is 19.3 Å². The minimum Gasteiger partial charge on any atom is -0.467 e. The van der Waals surface area contributed by atoms with Gasteiger partial charge < -0.3 is 15.2 Å². The van der Waals surface area contributed by atoms with Crippen molar-refractivity contribution < 1.29 is 9.47 Å². The van der Waals surface area contributed by atoms with Gasteiger partial charge in [0.1, 0.15) is 5.75 Å². The summed E-state index contributed by atoms with van der Waals surface area (Å²) in [6.45, 7) is 6.04. The molecule has 2 unspecified atom stereocenters. The zero-order chi connectivity index (χ0) is 14.8. The van der Waals surface area contributed by atoms with Gasteiger partial charge in [-0.25, -0.2) is 0 Å². The predicted molar refractivity (Wildman–Crippen MR) is 83.4 cm³/mol. The van der Waals surface area contributed by atoms with Gasteiger partial charge in [0.15, 0.2) is 6.79 Å². The third-order valence-electron chi connectivity index (χ3n) is 4.43. The van der Waals surface area contributed by atoms with E-state index < -0.39 is 0 Å². The molecule has 2 atom stereocenters. The van der Waals surface area contributed by atoms with Crippen LogP contribution in [-0.2, 0) is 17.9 Å². The van der Waals surface area contributed by atoms with E-state index in [4.69, 9.17) is 26.8 Å². The Morgan fingerprint density at radius 1 is 1.48 bits per heavy atom. The Labute approximate surface area is 131 Å². The number of nitrogens with zero attached hydrogens (tertiary/aromatic N) is 1. The monoisotopic (exact) mass is 310 g/mol. The maximum atomic E-state index is 6.23. The molecular weight excluding hydrogens is 288 g/mol. The molecule has 2 N–H and O–H groups in total. The maximum Gasteiger partial charge on any atom is 0.189 e. The molecule has 0 radical (unpaired) electrons. The first kappa shape index (κ1) is 15.1. The van der Waals surface area contributed by atoms with Gasteiger partial charge in [-0.2, -0.15) is 0 Å². The quantitative estimate of drug-likeness (QED) is 0.932. The smallest absolute Gasteiger partial charge is 0.189 e. The first-order valence-corrected chi connectivity index (χ1v) is 8.01. The molecule has 2 heterocycles. The molecule has 1 fully saturated rings. The maximum absolute atomic E-state index is 6.23. The Bertz CT molecular complexity index is 507. The van der Waals surface area contributed by atoms with Crippen molar-refractivity contribution in [1.82, 2.24) is 4.90 Å². The Morgan fingerprint density at radius 2 is 2.33 bits per heavy atom. The van der Waals surface area contributed by atoms with Gasteiger partial charge >= 0.3 is 0 Å². The number of hydrogen-bond acceptors (Lipinski definition) is 4. The SMILES string of the molecule is CC(N)C1CCCN(Cc2cc(Cl)cc3c2OCOC3)C1. The molecule has 0 saturated carbocycles. The molecule has 1 saturated heterocycles. The number of nitrogens with two attached hydrogens (primary N) is 1. The highest BCUT2D eigenvalue weighted by Gasteiger charge is 2.24. The highest BCUT2D eigenvalue weighted by molar-refractivity contribution is 6.30. The summed E-state index contributed by atoms with van der Waals surface area (Å²) in [5.41, 5.74) is 8.27. The highest BCUT2D eigenvalue weighted by atomic mass is 35.5. The van der Waals surface area contributed by atoms with E-state index in [0.717, 1.165) is 41.5 Å². The summed E-state index contributed by atoms with van der Waals surface area (Å²) in [5, 5.41) is 0.749. The number of fused-ring (bicyclic) bond motifs is 1. The van der Waals surface area contributed by atoms with Crippen LogP contribution in [0.15, 0.2) is 12.1 Å². The molecule has 1 aromatic carbocycles. The number of halogens is 1. The van der Waals surface area contributed by atoms with Crippen LogP contribution >= 0.6 is 11.6 Å². The van der Waals surface area contributed by atoms with Gasteiger partial charge in [-0.05, 0) is 44.4 Å². The molecule has 0 aliphatic carbocycles. The summed E-state index contributed by atoms with van der Waals surface area (Å²) in [6, 6.07) is 4.20. The predicted octanol–water partition coefficient (Wildman–Crippen LogP) is 2.77. The van der Waals surface area contributed by atoms with Crippen molar-refractivity contribution in [2.45, 2.75) is 39.0 Å². The van der Waals surface area contributed by atoms with Crippen molar-refractivity contribution in [3.05, 3.63) is 28.3 Å². The molecule has 0 spiro atoms. The van der Waals surface area contributed by atoms with E-state index in [-0.39, 0.29) is 6.04 Å². The van der Waals surface area contributed by atoms with Gasteiger partial charge in [0.05, 0.1) is 6.61 Å². The van der Waals surface area contributed by atoms with Crippen LogP contribution in [0.3, 0.4) is 0 Å². The Hall–Kier alpha value is -0.810. The zero-order valence-corrected chi connectivity index (χ0v) is 13.2. The van der Waals surface area contributed by atoms with Crippen molar-refractivity contribution in [3.63, 3.8) is 0 Å². The lowest BCUT2D eigenvalue weighted by atomic mass is 9.92. The van der Waals surface area contributed by atoms with Gasteiger partial charge in [0, 0.05) is 35.3 Å². The van der Waals surface area contributed by atoms with E-state index in [1.54, 1.807) is 0 Å². The van der Waals surface area contributed by atoms with Crippen molar-refractivity contribution in [2.75, 3.05) is 19.9 Å². The van der Waals surface area contributed by atoms with Gasteiger partial charge in [-0.15, -0.1) is 0 Å². The van der Waals surface area contributed by atoms with Crippen LogP contribution in [0.4, 0.5) is 0 Å². The zero-order valence-electron chi connectivity index (χ0n) is 12.5. The Balaban J connectivity index is 1.76. The van der Waals surface area contributed by atoms with Gasteiger partial charge in [-0.1, -0.05) is 11.6 Å². The summed E-state index contributed by atoms with van der Waals surface area (Å²) in [6.07, 6.45) is 2.44. The first-order valence-electron chi connectivity index (χ1n) is 7.63. The fraction of sp³-hybridized carbons (Fsp3) is 0.625. The summed E-state index contributed by atoms with van der Waals surface area (Å²) in [5.74, 6) is 1.53.